The number of hydrogen-bond acceptors (Lipinski definition) is 4. The molecule has 0 radical (unpaired) electrons. The molecule has 2 aromatic carbocycles. The summed E-state index contributed by atoms with van der Waals surface area (Å²) >= 11 is 0. The maximum absolute atomic E-state index is 12.3. The fourth-order valence-electron chi connectivity index (χ4n) is 2.00. The van der Waals surface area contributed by atoms with Gasteiger partial charge in [0.25, 0.3) is 10.0 Å². The highest BCUT2D eigenvalue weighted by Gasteiger charge is 2.14. The van der Waals surface area contributed by atoms with E-state index in [1.807, 2.05) is 19.1 Å². The fourth-order valence-corrected chi connectivity index (χ4v) is 3.06. The molecule has 0 heterocycles. The molecular weight excluding hydrogens is 314 g/mol. The van der Waals surface area contributed by atoms with Gasteiger partial charge in [-0.25, -0.2) is 14.3 Å². The molecule has 0 aliphatic carbocycles. The summed E-state index contributed by atoms with van der Waals surface area (Å²) in [6.07, 6.45) is 0.749. The van der Waals surface area contributed by atoms with E-state index < -0.39 is 10.0 Å². The molecule has 122 valence electrons. The summed E-state index contributed by atoms with van der Waals surface area (Å²) in [6.45, 7) is 1.93. The number of rotatable bonds is 6. The lowest BCUT2D eigenvalue weighted by molar-refractivity contribution is -0.121. The molecule has 23 heavy (non-hydrogen) atoms. The maximum Gasteiger partial charge on any atom is 0.261 e. The van der Waals surface area contributed by atoms with Crippen LogP contribution in [0.4, 0.5) is 5.69 Å². The molecule has 1 amide bonds. The molecule has 0 aliphatic heterocycles. The number of aryl methyl sites for hydroxylation is 2. The summed E-state index contributed by atoms with van der Waals surface area (Å²) in [5, 5.41) is 0. The lowest BCUT2D eigenvalue weighted by Crippen LogP contribution is -2.30. The van der Waals surface area contributed by atoms with E-state index in [0.717, 1.165) is 11.1 Å². The minimum Gasteiger partial charge on any atom is -0.294 e. The third-order valence-corrected chi connectivity index (χ3v) is 4.74. The number of carbonyl (C=O) groups excluding carboxylic acids is 1. The molecule has 0 aliphatic rings. The van der Waals surface area contributed by atoms with Crippen molar-refractivity contribution in [3.05, 3.63) is 59.7 Å². The van der Waals surface area contributed by atoms with Gasteiger partial charge in [-0.2, -0.15) is 0 Å². The summed E-state index contributed by atoms with van der Waals surface area (Å²) in [5.41, 5.74) is 4.49. The predicted octanol–water partition coefficient (Wildman–Crippen LogP) is 1.72. The zero-order chi connectivity index (χ0) is 16.9. The molecule has 7 heteroatoms. The first kappa shape index (κ1) is 17.0. The third-order valence-electron chi connectivity index (χ3n) is 3.34. The number of benzene rings is 2. The van der Waals surface area contributed by atoms with Crippen molar-refractivity contribution in [1.29, 1.82) is 0 Å². The van der Waals surface area contributed by atoms with Crippen molar-refractivity contribution in [2.75, 3.05) is 4.72 Å². The Labute approximate surface area is 135 Å². The molecule has 6 nitrogen and oxygen atoms in total. The topological polar surface area (TPSA) is 101 Å². The lowest BCUT2D eigenvalue weighted by atomic mass is 10.1. The second-order valence-electron chi connectivity index (χ2n) is 5.18. The second-order valence-corrected chi connectivity index (χ2v) is 6.87. The Hall–Kier alpha value is -2.38. The molecule has 2 aromatic rings. The first-order valence-electron chi connectivity index (χ1n) is 7.08. The van der Waals surface area contributed by atoms with E-state index in [2.05, 4.69) is 10.1 Å². The quantitative estimate of drug-likeness (QED) is 0.425. The molecular formula is C16H19N3O3S. The average Bonchev–Trinajstić information content (AvgIpc) is 2.55. The van der Waals surface area contributed by atoms with Crippen molar-refractivity contribution in [2.45, 2.75) is 24.7 Å². The average molecular weight is 333 g/mol. The fraction of sp³-hybridized carbons (Fsp3) is 0.188. The minimum absolute atomic E-state index is 0.171. The van der Waals surface area contributed by atoms with Crippen LogP contribution in [0, 0.1) is 6.92 Å². The van der Waals surface area contributed by atoms with Crippen LogP contribution in [0.2, 0.25) is 0 Å². The first-order valence-corrected chi connectivity index (χ1v) is 8.57. The molecule has 0 aromatic heterocycles. The number of sulfonamides is 1. The van der Waals surface area contributed by atoms with Crippen molar-refractivity contribution >= 4 is 21.6 Å². The van der Waals surface area contributed by atoms with Crippen LogP contribution < -0.4 is 16.0 Å². The van der Waals surface area contributed by atoms with E-state index in [9.17, 15) is 13.2 Å². The van der Waals surface area contributed by atoms with Crippen LogP contribution in [0.3, 0.4) is 0 Å². The Kier molecular flexibility index (Phi) is 5.36. The summed E-state index contributed by atoms with van der Waals surface area (Å²) in [5.74, 6) is 4.75. The van der Waals surface area contributed by atoms with Gasteiger partial charge in [0.1, 0.15) is 0 Å². The van der Waals surface area contributed by atoms with Crippen molar-refractivity contribution in [2.24, 2.45) is 5.84 Å². The van der Waals surface area contributed by atoms with Gasteiger partial charge in [-0.3, -0.25) is 14.9 Å². The minimum atomic E-state index is -3.63. The van der Waals surface area contributed by atoms with Crippen molar-refractivity contribution < 1.29 is 13.2 Å². The lowest BCUT2D eigenvalue weighted by Gasteiger charge is -2.09. The van der Waals surface area contributed by atoms with Crippen LogP contribution in [-0.4, -0.2) is 14.3 Å². The van der Waals surface area contributed by atoms with Gasteiger partial charge in [0.2, 0.25) is 5.91 Å². The van der Waals surface area contributed by atoms with E-state index in [1.54, 1.807) is 24.3 Å². The Bertz CT molecular complexity index is 769. The van der Waals surface area contributed by atoms with E-state index >= 15 is 0 Å². The van der Waals surface area contributed by atoms with Gasteiger partial charge < -0.3 is 0 Å². The Balaban J connectivity index is 2.08. The predicted molar refractivity (Wildman–Crippen MR) is 89.1 cm³/mol. The van der Waals surface area contributed by atoms with Gasteiger partial charge in [-0.15, -0.1) is 0 Å². The van der Waals surface area contributed by atoms with Gasteiger partial charge in [0, 0.05) is 12.1 Å². The van der Waals surface area contributed by atoms with Gasteiger partial charge in [0.05, 0.1) is 4.90 Å². The second kappa shape index (κ2) is 7.26. The molecule has 0 spiro atoms. The zero-order valence-corrected chi connectivity index (χ0v) is 13.6. The normalized spacial score (nSPS) is 11.0. The van der Waals surface area contributed by atoms with Crippen LogP contribution in [0.25, 0.3) is 0 Å². The SMILES string of the molecule is Cc1ccc(NS(=O)(=O)c2ccc(CCC(=O)NN)cc2)cc1. The highest BCUT2D eigenvalue weighted by molar-refractivity contribution is 7.92. The maximum atomic E-state index is 12.3. The highest BCUT2D eigenvalue weighted by Crippen LogP contribution is 2.17. The van der Waals surface area contributed by atoms with Crippen molar-refractivity contribution in [3.63, 3.8) is 0 Å². The molecule has 0 saturated heterocycles. The molecule has 4 N–H and O–H groups in total. The van der Waals surface area contributed by atoms with Gasteiger partial charge in [-0.05, 0) is 43.2 Å². The molecule has 0 unspecified atom stereocenters. The van der Waals surface area contributed by atoms with Gasteiger partial charge in [-0.1, -0.05) is 29.8 Å². The summed E-state index contributed by atoms with van der Waals surface area (Å²) in [4.78, 5) is 11.3. The molecule has 2 rings (SSSR count). The van der Waals surface area contributed by atoms with Gasteiger partial charge in [0.15, 0.2) is 0 Å². The van der Waals surface area contributed by atoms with Crippen LogP contribution in [0.5, 0.6) is 0 Å². The summed E-state index contributed by atoms with van der Waals surface area (Å²) in [7, 11) is -3.63. The molecule has 0 saturated carbocycles. The number of amides is 1. The van der Waals surface area contributed by atoms with Crippen molar-refractivity contribution in [3.8, 4) is 0 Å². The number of nitrogens with one attached hydrogen (secondary N) is 2. The Morgan fingerprint density at radius 1 is 1.04 bits per heavy atom. The van der Waals surface area contributed by atoms with Crippen molar-refractivity contribution in [1.82, 2.24) is 5.43 Å². The molecule has 0 fully saturated rings. The number of hydrazine groups is 1. The Morgan fingerprint density at radius 3 is 2.22 bits per heavy atom. The standard InChI is InChI=1S/C16H19N3O3S/c1-12-2-7-14(8-3-12)19-23(21,22)15-9-4-13(5-10-15)6-11-16(20)18-17/h2-5,7-10,19H,6,11,17H2,1H3,(H,18,20). The van der Waals surface area contributed by atoms with Crippen LogP contribution >= 0.6 is 0 Å². The summed E-state index contributed by atoms with van der Waals surface area (Å²) in [6, 6.07) is 13.5. The van der Waals surface area contributed by atoms with Gasteiger partial charge >= 0.3 is 0 Å². The van der Waals surface area contributed by atoms with Crippen LogP contribution in [0.15, 0.2) is 53.4 Å². The highest BCUT2D eigenvalue weighted by atomic mass is 32.2. The molecule has 0 atom stereocenters. The number of anilines is 1. The number of carbonyl (C=O) groups is 1. The smallest absolute Gasteiger partial charge is 0.261 e. The summed E-state index contributed by atoms with van der Waals surface area (Å²) < 4.78 is 27.2. The first-order chi connectivity index (χ1) is 10.9. The van der Waals surface area contributed by atoms with E-state index in [-0.39, 0.29) is 17.2 Å². The zero-order valence-electron chi connectivity index (χ0n) is 12.7. The van der Waals surface area contributed by atoms with E-state index in [1.165, 1.54) is 12.1 Å². The monoisotopic (exact) mass is 333 g/mol. The van der Waals surface area contributed by atoms with Crippen LogP contribution in [-0.2, 0) is 21.2 Å². The Morgan fingerprint density at radius 2 is 1.65 bits per heavy atom. The number of hydrogen-bond donors (Lipinski definition) is 3. The van der Waals surface area contributed by atoms with Crippen LogP contribution in [0.1, 0.15) is 17.5 Å². The van der Waals surface area contributed by atoms with E-state index in [4.69, 9.17) is 5.84 Å². The number of nitrogens with two attached hydrogens (primary N) is 1. The molecule has 0 bridgehead atoms. The third kappa shape index (κ3) is 4.80. The van der Waals surface area contributed by atoms with E-state index in [0.29, 0.717) is 12.1 Å². The largest absolute Gasteiger partial charge is 0.294 e.